The van der Waals surface area contributed by atoms with Gasteiger partial charge in [-0.25, -0.2) is 0 Å². The maximum absolute atomic E-state index is 4.45. The number of nitrogens with zero attached hydrogens (tertiary/aromatic N) is 3. The molecule has 0 bridgehead atoms. The Morgan fingerprint density at radius 3 is 2.27 bits per heavy atom. The van der Waals surface area contributed by atoms with Crippen molar-refractivity contribution in [3.8, 4) is 0 Å². The average Bonchev–Trinajstić information content (AvgIpc) is 2.63. The molecule has 0 aliphatic carbocycles. The fraction of sp³-hybridized carbons (Fsp3) is 0.950. The summed E-state index contributed by atoms with van der Waals surface area (Å²) in [7, 11) is 4.14. The van der Waals surface area contributed by atoms with Crippen molar-refractivity contribution in [1.29, 1.82) is 0 Å². The predicted molar refractivity (Wildman–Crippen MR) is 124 cm³/mol. The van der Waals surface area contributed by atoms with E-state index in [-0.39, 0.29) is 24.0 Å². The lowest BCUT2D eigenvalue weighted by Crippen LogP contribution is -2.62. The first kappa shape index (κ1) is 24.0. The van der Waals surface area contributed by atoms with Gasteiger partial charge >= 0.3 is 0 Å². The third-order valence-electron chi connectivity index (χ3n) is 6.00. The molecule has 0 aromatic rings. The van der Waals surface area contributed by atoms with Gasteiger partial charge in [-0.15, -0.1) is 24.0 Å². The number of likely N-dealkylation sites (tertiary alicyclic amines) is 2. The average molecular weight is 479 g/mol. The van der Waals surface area contributed by atoms with Crippen molar-refractivity contribution >= 4 is 29.9 Å². The van der Waals surface area contributed by atoms with E-state index in [0.29, 0.717) is 5.54 Å². The Morgan fingerprint density at radius 2 is 1.69 bits per heavy atom. The summed E-state index contributed by atoms with van der Waals surface area (Å²) in [6.07, 6.45) is 9.13. The zero-order chi connectivity index (χ0) is 18.1. The quantitative estimate of drug-likeness (QED) is 0.255. The van der Waals surface area contributed by atoms with Gasteiger partial charge in [0.25, 0.3) is 0 Å². The molecule has 0 aromatic heterocycles. The molecule has 0 atom stereocenters. The second-order valence-corrected chi connectivity index (χ2v) is 8.46. The topological polar surface area (TPSA) is 42.9 Å². The van der Waals surface area contributed by atoms with Gasteiger partial charge in [-0.3, -0.25) is 9.89 Å². The molecule has 6 heteroatoms. The Kier molecular flexibility index (Phi) is 11.4. The monoisotopic (exact) mass is 479 g/mol. The maximum Gasteiger partial charge on any atom is 0.191 e. The summed E-state index contributed by atoms with van der Waals surface area (Å²) >= 11 is 0. The first-order chi connectivity index (χ1) is 12.1. The molecule has 2 aliphatic rings. The Balaban J connectivity index is 0.00000338. The SMILES string of the molecule is CN=C(NCCCC(C)C)NCC1(N2CCCCC2)CCN(C)CC1.I. The molecule has 2 heterocycles. The van der Waals surface area contributed by atoms with Gasteiger partial charge in [-0.2, -0.15) is 0 Å². The minimum Gasteiger partial charge on any atom is -0.356 e. The normalized spacial score (nSPS) is 22.1. The van der Waals surface area contributed by atoms with Gasteiger partial charge in [0.15, 0.2) is 5.96 Å². The van der Waals surface area contributed by atoms with Crippen molar-refractivity contribution in [2.24, 2.45) is 10.9 Å². The molecule has 2 saturated heterocycles. The molecule has 5 nitrogen and oxygen atoms in total. The molecule has 0 amide bonds. The zero-order valence-corrected chi connectivity index (χ0v) is 19.8. The number of piperidine rings is 2. The standard InChI is InChI=1S/C20H41N5.HI/c1-18(2)9-8-12-22-19(21-3)23-17-20(10-15-24(4)16-11-20)25-13-6-5-7-14-25;/h18H,5-17H2,1-4H3,(H2,21,22,23);1H. The number of nitrogens with one attached hydrogen (secondary N) is 2. The van der Waals surface area contributed by atoms with Crippen molar-refractivity contribution in [3.05, 3.63) is 0 Å². The highest BCUT2D eigenvalue weighted by Gasteiger charge is 2.39. The first-order valence-corrected chi connectivity index (χ1v) is 10.4. The van der Waals surface area contributed by atoms with Crippen LogP contribution in [0.15, 0.2) is 4.99 Å². The van der Waals surface area contributed by atoms with E-state index in [0.717, 1.165) is 25.0 Å². The minimum atomic E-state index is 0. The Hall–Kier alpha value is -0.0800. The molecule has 26 heavy (non-hydrogen) atoms. The van der Waals surface area contributed by atoms with Crippen LogP contribution in [0.3, 0.4) is 0 Å². The summed E-state index contributed by atoms with van der Waals surface area (Å²) in [5.41, 5.74) is 0.308. The number of aliphatic imine (C=N–C) groups is 1. The van der Waals surface area contributed by atoms with Crippen molar-refractivity contribution in [2.45, 2.75) is 64.3 Å². The van der Waals surface area contributed by atoms with Gasteiger partial charge in [0.1, 0.15) is 0 Å². The summed E-state index contributed by atoms with van der Waals surface area (Å²) in [4.78, 5) is 9.70. The van der Waals surface area contributed by atoms with Gasteiger partial charge in [0.05, 0.1) is 0 Å². The van der Waals surface area contributed by atoms with E-state index in [1.807, 2.05) is 7.05 Å². The molecule has 0 saturated carbocycles. The number of guanidine groups is 1. The lowest BCUT2D eigenvalue weighted by atomic mass is 9.84. The maximum atomic E-state index is 4.45. The highest BCUT2D eigenvalue weighted by Crippen LogP contribution is 2.30. The summed E-state index contributed by atoms with van der Waals surface area (Å²) in [5, 5.41) is 7.16. The molecule has 0 unspecified atom stereocenters. The second kappa shape index (κ2) is 12.4. The number of halogens is 1. The van der Waals surface area contributed by atoms with Crippen LogP contribution in [0.25, 0.3) is 0 Å². The predicted octanol–water partition coefficient (Wildman–Crippen LogP) is 3.16. The van der Waals surface area contributed by atoms with Gasteiger partial charge in [-0.05, 0) is 77.7 Å². The van der Waals surface area contributed by atoms with Crippen LogP contribution in [-0.2, 0) is 0 Å². The number of hydrogen-bond acceptors (Lipinski definition) is 3. The van der Waals surface area contributed by atoms with Crippen LogP contribution in [0.4, 0.5) is 0 Å². The number of rotatable bonds is 7. The third kappa shape index (κ3) is 7.50. The van der Waals surface area contributed by atoms with Gasteiger partial charge in [0, 0.05) is 25.7 Å². The van der Waals surface area contributed by atoms with Crippen LogP contribution in [0, 0.1) is 5.92 Å². The smallest absolute Gasteiger partial charge is 0.191 e. The molecule has 2 aliphatic heterocycles. The van der Waals surface area contributed by atoms with Crippen LogP contribution in [0.1, 0.15) is 58.8 Å². The van der Waals surface area contributed by atoms with Gasteiger partial charge < -0.3 is 15.5 Å². The van der Waals surface area contributed by atoms with E-state index in [2.05, 4.69) is 46.3 Å². The van der Waals surface area contributed by atoms with Crippen molar-refractivity contribution < 1.29 is 0 Å². The number of hydrogen-bond donors (Lipinski definition) is 2. The van der Waals surface area contributed by atoms with Gasteiger partial charge in [0.2, 0.25) is 0 Å². The summed E-state index contributed by atoms with van der Waals surface area (Å²) in [5.74, 6) is 1.75. The molecule has 0 radical (unpaired) electrons. The van der Waals surface area contributed by atoms with E-state index in [1.165, 1.54) is 71.1 Å². The molecule has 2 N–H and O–H groups in total. The first-order valence-electron chi connectivity index (χ1n) is 10.4. The van der Waals surface area contributed by atoms with Crippen LogP contribution in [0.2, 0.25) is 0 Å². The highest BCUT2D eigenvalue weighted by molar-refractivity contribution is 14.0. The largest absolute Gasteiger partial charge is 0.356 e. The lowest BCUT2D eigenvalue weighted by Gasteiger charge is -2.50. The minimum absolute atomic E-state index is 0. The van der Waals surface area contributed by atoms with Crippen LogP contribution in [0.5, 0.6) is 0 Å². The fourth-order valence-corrected chi connectivity index (χ4v) is 4.19. The van der Waals surface area contributed by atoms with Crippen LogP contribution < -0.4 is 10.6 Å². The second-order valence-electron chi connectivity index (χ2n) is 8.46. The molecular formula is C20H42IN5. The van der Waals surface area contributed by atoms with Gasteiger partial charge in [-0.1, -0.05) is 20.3 Å². The van der Waals surface area contributed by atoms with Crippen molar-refractivity contribution in [2.75, 3.05) is 53.4 Å². The van der Waals surface area contributed by atoms with Crippen molar-refractivity contribution in [3.63, 3.8) is 0 Å². The molecule has 2 fully saturated rings. The summed E-state index contributed by atoms with van der Waals surface area (Å²) in [6, 6.07) is 0. The Morgan fingerprint density at radius 1 is 1.04 bits per heavy atom. The third-order valence-corrected chi connectivity index (χ3v) is 6.00. The van der Waals surface area contributed by atoms with Crippen LogP contribution >= 0.6 is 24.0 Å². The Bertz CT molecular complexity index is 399. The molecular weight excluding hydrogens is 437 g/mol. The van der Waals surface area contributed by atoms with E-state index < -0.39 is 0 Å². The zero-order valence-electron chi connectivity index (χ0n) is 17.5. The Labute approximate surface area is 178 Å². The summed E-state index contributed by atoms with van der Waals surface area (Å²) in [6.45, 7) is 11.6. The molecule has 0 aromatic carbocycles. The van der Waals surface area contributed by atoms with Crippen molar-refractivity contribution in [1.82, 2.24) is 20.4 Å². The van der Waals surface area contributed by atoms with E-state index >= 15 is 0 Å². The van der Waals surface area contributed by atoms with E-state index in [9.17, 15) is 0 Å². The molecule has 2 rings (SSSR count). The van der Waals surface area contributed by atoms with Crippen LogP contribution in [-0.4, -0.2) is 74.7 Å². The fourth-order valence-electron chi connectivity index (χ4n) is 4.19. The molecule has 154 valence electrons. The summed E-state index contributed by atoms with van der Waals surface area (Å²) < 4.78 is 0. The molecule has 0 spiro atoms. The highest BCUT2D eigenvalue weighted by atomic mass is 127. The van der Waals surface area contributed by atoms with E-state index in [4.69, 9.17) is 0 Å². The lowest BCUT2D eigenvalue weighted by molar-refractivity contribution is 0.0173. The van der Waals surface area contributed by atoms with E-state index in [1.54, 1.807) is 0 Å².